The van der Waals surface area contributed by atoms with Crippen LogP contribution >= 0.6 is 0 Å². The SMILES string of the molecule is CCc1cc(F)c(C(=O)O)c(NC(=O)OC(C)(C)C)c1. The summed E-state index contributed by atoms with van der Waals surface area (Å²) in [6.45, 7) is 6.82. The zero-order valence-electron chi connectivity index (χ0n) is 11.9. The quantitative estimate of drug-likeness (QED) is 0.891. The van der Waals surface area contributed by atoms with Gasteiger partial charge in [-0.1, -0.05) is 6.92 Å². The Morgan fingerprint density at radius 2 is 1.95 bits per heavy atom. The topological polar surface area (TPSA) is 75.6 Å². The van der Waals surface area contributed by atoms with E-state index in [-0.39, 0.29) is 5.69 Å². The van der Waals surface area contributed by atoms with Crippen LogP contribution in [0.2, 0.25) is 0 Å². The molecule has 2 N–H and O–H groups in total. The van der Waals surface area contributed by atoms with Crippen LogP contribution < -0.4 is 5.32 Å². The van der Waals surface area contributed by atoms with Gasteiger partial charge < -0.3 is 9.84 Å². The van der Waals surface area contributed by atoms with E-state index >= 15 is 0 Å². The molecule has 0 aliphatic rings. The predicted molar refractivity (Wildman–Crippen MR) is 72.6 cm³/mol. The molecule has 0 saturated heterocycles. The van der Waals surface area contributed by atoms with E-state index in [0.717, 1.165) is 6.07 Å². The van der Waals surface area contributed by atoms with E-state index in [2.05, 4.69) is 5.32 Å². The van der Waals surface area contributed by atoms with Gasteiger partial charge in [0.1, 0.15) is 17.0 Å². The number of anilines is 1. The van der Waals surface area contributed by atoms with Crippen LogP contribution in [0.15, 0.2) is 12.1 Å². The number of hydrogen-bond donors (Lipinski definition) is 2. The Morgan fingerprint density at radius 3 is 2.40 bits per heavy atom. The summed E-state index contributed by atoms with van der Waals surface area (Å²) < 4.78 is 18.8. The number of nitrogens with one attached hydrogen (secondary N) is 1. The van der Waals surface area contributed by atoms with Crippen molar-refractivity contribution in [1.82, 2.24) is 0 Å². The normalized spacial score (nSPS) is 11.1. The Hall–Kier alpha value is -2.11. The summed E-state index contributed by atoms with van der Waals surface area (Å²) >= 11 is 0. The van der Waals surface area contributed by atoms with Gasteiger partial charge in [-0.15, -0.1) is 0 Å². The highest BCUT2D eigenvalue weighted by molar-refractivity contribution is 5.99. The van der Waals surface area contributed by atoms with E-state index in [4.69, 9.17) is 9.84 Å². The highest BCUT2D eigenvalue weighted by atomic mass is 19.1. The van der Waals surface area contributed by atoms with Crippen LogP contribution in [0.5, 0.6) is 0 Å². The maximum absolute atomic E-state index is 13.8. The molecule has 1 amide bonds. The van der Waals surface area contributed by atoms with Crippen molar-refractivity contribution < 1.29 is 23.8 Å². The zero-order valence-corrected chi connectivity index (χ0v) is 11.9. The van der Waals surface area contributed by atoms with Crippen molar-refractivity contribution in [3.8, 4) is 0 Å². The van der Waals surface area contributed by atoms with Crippen LogP contribution in [-0.2, 0) is 11.2 Å². The van der Waals surface area contributed by atoms with Crippen LogP contribution in [-0.4, -0.2) is 22.8 Å². The molecule has 0 radical (unpaired) electrons. The lowest BCUT2D eigenvalue weighted by atomic mass is 10.1. The fourth-order valence-electron chi connectivity index (χ4n) is 1.60. The summed E-state index contributed by atoms with van der Waals surface area (Å²) in [5.74, 6) is -2.33. The molecular formula is C14H18FNO4. The molecule has 0 bridgehead atoms. The molecule has 5 nitrogen and oxygen atoms in total. The number of amides is 1. The average Bonchev–Trinajstić information content (AvgIpc) is 2.24. The first-order chi connectivity index (χ1) is 9.14. The lowest BCUT2D eigenvalue weighted by molar-refractivity contribution is 0.0636. The van der Waals surface area contributed by atoms with Crippen LogP contribution in [0.1, 0.15) is 43.6 Å². The first-order valence-corrected chi connectivity index (χ1v) is 6.19. The van der Waals surface area contributed by atoms with E-state index in [1.807, 2.05) is 0 Å². The van der Waals surface area contributed by atoms with Crippen molar-refractivity contribution in [1.29, 1.82) is 0 Å². The van der Waals surface area contributed by atoms with Gasteiger partial charge in [0.05, 0.1) is 5.69 Å². The monoisotopic (exact) mass is 283 g/mol. The van der Waals surface area contributed by atoms with Crippen LogP contribution in [0.3, 0.4) is 0 Å². The minimum Gasteiger partial charge on any atom is -0.478 e. The smallest absolute Gasteiger partial charge is 0.412 e. The highest BCUT2D eigenvalue weighted by Gasteiger charge is 2.21. The first-order valence-electron chi connectivity index (χ1n) is 6.19. The summed E-state index contributed by atoms with van der Waals surface area (Å²) in [6, 6.07) is 2.57. The summed E-state index contributed by atoms with van der Waals surface area (Å²) in [7, 11) is 0. The van der Waals surface area contributed by atoms with Crippen molar-refractivity contribution in [2.24, 2.45) is 0 Å². The van der Waals surface area contributed by atoms with E-state index in [1.54, 1.807) is 27.7 Å². The summed E-state index contributed by atoms with van der Waals surface area (Å²) in [5.41, 5.74) is -0.829. The standard InChI is InChI=1S/C14H18FNO4/c1-5-8-6-9(15)11(12(17)18)10(7-8)16-13(19)20-14(2,3)4/h6-7H,5H2,1-4H3,(H,16,19)(H,17,18). The molecule has 0 aliphatic carbocycles. The molecule has 0 spiro atoms. The van der Waals surface area contributed by atoms with Crippen molar-refractivity contribution >= 4 is 17.7 Å². The van der Waals surface area contributed by atoms with Gasteiger partial charge in [-0.25, -0.2) is 14.0 Å². The van der Waals surface area contributed by atoms with Crippen LogP contribution in [0.4, 0.5) is 14.9 Å². The molecule has 1 aromatic carbocycles. The maximum Gasteiger partial charge on any atom is 0.412 e. The summed E-state index contributed by atoms with van der Waals surface area (Å²) in [5, 5.41) is 11.3. The number of carboxylic acid groups (broad SMARTS) is 1. The number of halogens is 1. The number of carbonyl (C=O) groups excluding carboxylic acids is 1. The third kappa shape index (κ3) is 4.22. The summed E-state index contributed by atoms with van der Waals surface area (Å²) in [6.07, 6.45) is -0.313. The molecule has 1 rings (SSSR count). The Morgan fingerprint density at radius 1 is 1.35 bits per heavy atom. The molecule has 0 aliphatic heterocycles. The van der Waals surface area contributed by atoms with Gasteiger partial charge in [0.15, 0.2) is 0 Å². The molecule has 0 saturated carbocycles. The lowest BCUT2D eigenvalue weighted by Gasteiger charge is -2.20. The fourth-order valence-corrected chi connectivity index (χ4v) is 1.60. The number of aryl methyl sites for hydroxylation is 1. The van der Waals surface area contributed by atoms with Gasteiger partial charge in [0, 0.05) is 0 Å². The molecule has 0 fully saturated rings. The average molecular weight is 283 g/mol. The lowest BCUT2D eigenvalue weighted by Crippen LogP contribution is -2.28. The molecule has 1 aromatic rings. The number of benzene rings is 1. The zero-order chi connectivity index (χ0) is 15.5. The minimum atomic E-state index is -1.45. The molecule has 6 heteroatoms. The number of rotatable bonds is 3. The number of carbonyl (C=O) groups is 2. The fraction of sp³-hybridized carbons (Fsp3) is 0.429. The minimum absolute atomic E-state index is 0.108. The van der Waals surface area contributed by atoms with Gasteiger partial charge in [0.2, 0.25) is 0 Å². The van der Waals surface area contributed by atoms with Crippen molar-refractivity contribution in [2.75, 3.05) is 5.32 Å². The Kier molecular flexibility index (Phi) is 4.70. The van der Waals surface area contributed by atoms with Gasteiger partial charge in [0.25, 0.3) is 0 Å². The number of ether oxygens (including phenoxy) is 1. The predicted octanol–water partition coefficient (Wildman–Crippen LogP) is 3.43. The van der Waals surface area contributed by atoms with Crippen molar-refractivity contribution in [2.45, 2.75) is 39.7 Å². The molecule has 0 aromatic heterocycles. The molecule has 20 heavy (non-hydrogen) atoms. The van der Waals surface area contributed by atoms with Crippen molar-refractivity contribution in [3.05, 3.63) is 29.1 Å². The van der Waals surface area contributed by atoms with E-state index < -0.39 is 29.0 Å². The van der Waals surface area contributed by atoms with E-state index in [1.165, 1.54) is 6.07 Å². The van der Waals surface area contributed by atoms with E-state index in [0.29, 0.717) is 12.0 Å². The van der Waals surface area contributed by atoms with Crippen molar-refractivity contribution in [3.63, 3.8) is 0 Å². The third-order valence-corrected chi connectivity index (χ3v) is 2.41. The van der Waals surface area contributed by atoms with Gasteiger partial charge in [-0.05, 0) is 44.9 Å². The number of carboxylic acids is 1. The van der Waals surface area contributed by atoms with E-state index in [9.17, 15) is 14.0 Å². The molecular weight excluding hydrogens is 265 g/mol. The summed E-state index contributed by atoms with van der Waals surface area (Å²) in [4.78, 5) is 22.7. The number of hydrogen-bond acceptors (Lipinski definition) is 3. The second kappa shape index (κ2) is 5.90. The largest absolute Gasteiger partial charge is 0.478 e. The molecule has 110 valence electrons. The van der Waals surface area contributed by atoms with Gasteiger partial charge >= 0.3 is 12.1 Å². The van der Waals surface area contributed by atoms with Crippen LogP contribution in [0.25, 0.3) is 0 Å². The Bertz CT molecular complexity index is 535. The van der Waals surface area contributed by atoms with Crippen LogP contribution in [0, 0.1) is 5.82 Å². The Balaban J connectivity index is 3.12. The maximum atomic E-state index is 13.8. The number of aromatic carboxylic acids is 1. The second-order valence-electron chi connectivity index (χ2n) is 5.29. The Labute approximate surface area is 116 Å². The molecule has 0 unspecified atom stereocenters. The second-order valence-corrected chi connectivity index (χ2v) is 5.29. The third-order valence-electron chi connectivity index (χ3n) is 2.41. The van der Waals surface area contributed by atoms with Gasteiger partial charge in [-0.3, -0.25) is 5.32 Å². The first kappa shape index (κ1) is 15.9. The highest BCUT2D eigenvalue weighted by Crippen LogP contribution is 2.23. The molecule has 0 heterocycles. The molecule has 0 atom stereocenters. The van der Waals surface area contributed by atoms with Gasteiger partial charge in [-0.2, -0.15) is 0 Å².